The minimum absolute atomic E-state index is 0.114. The van der Waals surface area contributed by atoms with E-state index in [4.69, 9.17) is 16.3 Å². The van der Waals surface area contributed by atoms with E-state index in [-0.39, 0.29) is 16.9 Å². The smallest absolute Gasteiger partial charge is 0.352 e. The van der Waals surface area contributed by atoms with Gasteiger partial charge in [-0.05, 0) is 42.5 Å². The van der Waals surface area contributed by atoms with Crippen LogP contribution in [0.4, 0.5) is 0 Å². The van der Waals surface area contributed by atoms with Gasteiger partial charge in [0.1, 0.15) is 11.4 Å². The lowest BCUT2D eigenvalue weighted by Crippen LogP contribution is -2.23. The first-order valence-corrected chi connectivity index (χ1v) is 8.63. The molecule has 1 heterocycles. The summed E-state index contributed by atoms with van der Waals surface area (Å²) in [5, 5.41) is 19.3. The maximum absolute atomic E-state index is 12.7. The van der Waals surface area contributed by atoms with Gasteiger partial charge in [0, 0.05) is 22.2 Å². The number of nitrogens with zero attached hydrogens (tertiary/aromatic N) is 2. The van der Waals surface area contributed by atoms with Crippen molar-refractivity contribution in [1.29, 1.82) is 5.26 Å². The number of hydrogen-bond donors (Lipinski definition) is 1. The molecule has 0 radical (unpaired) electrons. The van der Waals surface area contributed by atoms with Gasteiger partial charge in [-0.3, -0.25) is 9.36 Å². The molecule has 0 spiro atoms. The van der Waals surface area contributed by atoms with Gasteiger partial charge in [-0.15, -0.1) is 0 Å². The maximum Gasteiger partial charge on any atom is 0.352 e. The number of allylic oxidation sites excluding steroid dienone is 1. The molecule has 1 aromatic carbocycles. The van der Waals surface area contributed by atoms with E-state index in [2.05, 4.69) is 6.07 Å². The molecule has 1 aliphatic rings. The van der Waals surface area contributed by atoms with E-state index >= 15 is 0 Å². The van der Waals surface area contributed by atoms with Gasteiger partial charge in [-0.25, -0.2) is 4.79 Å². The van der Waals surface area contributed by atoms with Crippen LogP contribution in [-0.4, -0.2) is 22.8 Å². The predicted molar refractivity (Wildman–Crippen MR) is 102 cm³/mol. The predicted octanol–water partition coefficient (Wildman–Crippen LogP) is 3.77. The minimum atomic E-state index is -1.19. The van der Waals surface area contributed by atoms with Crippen molar-refractivity contribution in [2.24, 2.45) is 5.41 Å². The summed E-state index contributed by atoms with van der Waals surface area (Å²) in [5.41, 5.74) is 0.291. The molecule has 0 unspecified atom stereocenters. The summed E-state index contributed by atoms with van der Waals surface area (Å²) in [6, 6.07) is 8.03. The van der Waals surface area contributed by atoms with Crippen molar-refractivity contribution < 1.29 is 14.6 Å². The molecule has 0 atom stereocenters. The molecule has 1 aromatic heterocycles. The highest BCUT2D eigenvalue weighted by Gasteiger charge is 2.36. The van der Waals surface area contributed by atoms with Gasteiger partial charge in [0.25, 0.3) is 5.56 Å². The Morgan fingerprint density at radius 1 is 1.37 bits per heavy atom. The lowest BCUT2D eigenvalue weighted by atomic mass is 10.0. The molecule has 1 N–H and O–H groups in total. The summed E-state index contributed by atoms with van der Waals surface area (Å²) in [6.07, 6.45) is 4.70. The molecule has 1 aliphatic carbocycles. The van der Waals surface area contributed by atoms with E-state index in [1.54, 1.807) is 24.3 Å². The average molecular weight is 385 g/mol. The summed E-state index contributed by atoms with van der Waals surface area (Å²) >= 11 is 6.04. The van der Waals surface area contributed by atoms with Crippen molar-refractivity contribution >= 4 is 23.3 Å². The number of benzene rings is 1. The molecule has 0 bridgehead atoms. The Morgan fingerprint density at radius 3 is 2.63 bits per heavy atom. The Morgan fingerprint density at radius 2 is 2.07 bits per heavy atom. The number of pyridine rings is 1. The Balaban J connectivity index is 2.22. The van der Waals surface area contributed by atoms with Crippen molar-refractivity contribution in [2.45, 2.75) is 19.8 Å². The Hall–Kier alpha value is -3.04. The van der Waals surface area contributed by atoms with Gasteiger partial charge in [-0.2, -0.15) is 5.26 Å². The molecule has 138 valence electrons. The molecular weight excluding hydrogens is 368 g/mol. The second kappa shape index (κ2) is 6.93. The fourth-order valence-electron chi connectivity index (χ4n) is 2.82. The third-order valence-corrected chi connectivity index (χ3v) is 4.87. The van der Waals surface area contributed by atoms with Crippen LogP contribution in [0.15, 0.2) is 41.3 Å². The molecule has 0 aliphatic heterocycles. The number of carboxylic acids is 1. The lowest BCUT2D eigenvalue weighted by molar-refractivity contribution is -0.130. The zero-order valence-corrected chi connectivity index (χ0v) is 15.6. The molecule has 1 fully saturated rings. The molecule has 0 saturated heterocycles. The molecular formula is C20H17ClN2O4. The number of aliphatic carboxylic acids is 1. The Labute approximate surface area is 160 Å². The van der Waals surface area contributed by atoms with Crippen LogP contribution in [-0.2, 0) is 4.79 Å². The molecule has 1 saturated carbocycles. The van der Waals surface area contributed by atoms with Crippen LogP contribution in [0.5, 0.6) is 5.75 Å². The highest BCUT2D eigenvalue weighted by molar-refractivity contribution is 6.31. The standard InChI is InChI=1S/C20H17ClN2O4/c1-20(5-6-20)9-16(19(25)26)23-11-17(27-2)15(8-18(23)24)14-7-13(21)4-3-12(14)10-22/h3-4,7-9,11H,5-6H2,1-2H3,(H,25,26). The molecule has 3 rings (SSSR count). The van der Waals surface area contributed by atoms with Gasteiger partial charge in [-0.1, -0.05) is 18.5 Å². The van der Waals surface area contributed by atoms with Crippen LogP contribution in [0, 0.1) is 16.7 Å². The average Bonchev–Trinajstić information content (AvgIpc) is 3.37. The third kappa shape index (κ3) is 3.74. The zero-order chi connectivity index (χ0) is 19.8. The first kappa shape index (κ1) is 18.7. The fourth-order valence-corrected chi connectivity index (χ4v) is 2.99. The van der Waals surface area contributed by atoms with Gasteiger partial charge in [0.2, 0.25) is 0 Å². The molecule has 6 nitrogen and oxygen atoms in total. The van der Waals surface area contributed by atoms with E-state index in [0.717, 1.165) is 17.4 Å². The van der Waals surface area contributed by atoms with Crippen LogP contribution in [0.3, 0.4) is 0 Å². The van der Waals surface area contributed by atoms with E-state index < -0.39 is 11.5 Å². The first-order chi connectivity index (χ1) is 12.8. The molecule has 7 heteroatoms. The van der Waals surface area contributed by atoms with E-state index in [9.17, 15) is 20.0 Å². The van der Waals surface area contributed by atoms with Crippen molar-refractivity contribution in [1.82, 2.24) is 4.57 Å². The molecule has 2 aromatic rings. The van der Waals surface area contributed by atoms with Crippen molar-refractivity contribution in [3.05, 3.63) is 57.5 Å². The zero-order valence-electron chi connectivity index (χ0n) is 14.8. The van der Waals surface area contributed by atoms with Crippen molar-refractivity contribution in [2.75, 3.05) is 7.11 Å². The van der Waals surface area contributed by atoms with Crippen LogP contribution in [0.1, 0.15) is 25.3 Å². The number of rotatable bonds is 5. The Bertz CT molecular complexity index is 1060. The van der Waals surface area contributed by atoms with E-state index in [1.165, 1.54) is 19.4 Å². The summed E-state index contributed by atoms with van der Waals surface area (Å²) in [6.45, 7) is 1.94. The Kier molecular flexibility index (Phi) is 4.81. The van der Waals surface area contributed by atoms with Crippen molar-refractivity contribution in [3.8, 4) is 22.9 Å². The van der Waals surface area contributed by atoms with Gasteiger partial charge >= 0.3 is 5.97 Å². The topological polar surface area (TPSA) is 92.3 Å². The summed E-state index contributed by atoms with van der Waals surface area (Å²) in [4.78, 5) is 24.4. The maximum atomic E-state index is 12.7. The first-order valence-electron chi connectivity index (χ1n) is 8.25. The fraction of sp³-hybridized carbons (Fsp3) is 0.250. The third-order valence-electron chi connectivity index (χ3n) is 4.63. The molecule has 27 heavy (non-hydrogen) atoms. The second-order valence-corrected chi connectivity index (χ2v) is 7.19. The number of halogens is 1. The summed E-state index contributed by atoms with van der Waals surface area (Å²) in [5.74, 6) is -0.929. The quantitative estimate of drug-likeness (QED) is 0.792. The number of methoxy groups -OCH3 is 1. The van der Waals surface area contributed by atoms with E-state index in [1.807, 2.05) is 6.92 Å². The van der Waals surface area contributed by atoms with Crippen LogP contribution >= 0.6 is 11.6 Å². The minimum Gasteiger partial charge on any atom is -0.495 e. The number of carboxylic acid groups (broad SMARTS) is 1. The van der Waals surface area contributed by atoms with E-state index in [0.29, 0.717) is 21.7 Å². The highest BCUT2D eigenvalue weighted by Crippen LogP contribution is 2.47. The number of hydrogen-bond acceptors (Lipinski definition) is 4. The SMILES string of the molecule is COc1cn(C(=CC2(C)CC2)C(=O)O)c(=O)cc1-c1cc(Cl)ccc1C#N. The number of ether oxygens (including phenoxy) is 1. The summed E-state index contributed by atoms with van der Waals surface area (Å²) < 4.78 is 6.44. The van der Waals surface area contributed by atoms with Gasteiger partial charge in [0.15, 0.2) is 0 Å². The van der Waals surface area contributed by atoms with Crippen molar-refractivity contribution in [3.63, 3.8) is 0 Å². The number of carbonyl (C=O) groups is 1. The van der Waals surface area contributed by atoms with Gasteiger partial charge in [0.05, 0.1) is 24.9 Å². The number of nitriles is 1. The van der Waals surface area contributed by atoms with Crippen LogP contribution in [0.25, 0.3) is 16.8 Å². The highest BCUT2D eigenvalue weighted by atomic mass is 35.5. The largest absolute Gasteiger partial charge is 0.495 e. The van der Waals surface area contributed by atoms with Crippen LogP contribution < -0.4 is 10.3 Å². The number of aromatic nitrogens is 1. The van der Waals surface area contributed by atoms with Crippen LogP contribution in [0.2, 0.25) is 5.02 Å². The normalized spacial score (nSPS) is 15.1. The second-order valence-electron chi connectivity index (χ2n) is 6.75. The summed E-state index contributed by atoms with van der Waals surface area (Å²) in [7, 11) is 1.41. The lowest BCUT2D eigenvalue weighted by Gasteiger charge is -2.15. The molecule has 0 amide bonds. The van der Waals surface area contributed by atoms with Gasteiger partial charge < -0.3 is 9.84 Å². The monoisotopic (exact) mass is 384 g/mol.